The summed E-state index contributed by atoms with van der Waals surface area (Å²) in [6, 6.07) is 0. The fourth-order valence-electron chi connectivity index (χ4n) is 4.79. The molecule has 2 fully saturated rings. The van der Waals surface area contributed by atoms with E-state index in [1.54, 1.807) is 19.1 Å². The van der Waals surface area contributed by atoms with Crippen molar-refractivity contribution < 1.29 is 54.4 Å². The van der Waals surface area contributed by atoms with Gasteiger partial charge in [0, 0.05) is 12.3 Å². The molecule has 2 aliphatic heterocycles. The van der Waals surface area contributed by atoms with Crippen LogP contribution < -0.4 is 0 Å². The molecule has 11 heteroatoms. The van der Waals surface area contributed by atoms with Crippen molar-refractivity contribution in [2.45, 2.75) is 95.5 Å². The molecule has 3 rings (SSSR count). The van der Waals surface area contributed by atoms with Gasteiger partial charge in [0.05, 0.1) is 19.3 Å². The first-order valence-electron chi connectivity index (χ1n) is 11.8. The Balaban J connectivity index is 1.60. The van der Waals surface area contributed by atoms with Gasteiger partial charge in [0.2, 0.25) is 0 Å². The molecule has 0 spiro atoms. The van der Waals surface area contributed by atoms with Gasteiger partial charge in [-0.2, -0.15) is 0 Å². The molecule has 2 saturated heterocycles. The topological polar surface area (TPSA) is 175 Å². The number of hydrogen-bond donors (Lipinski definition) is 6. The minimum atomic E-state index is -1.59. The smallest absolute Gasteiger partial charge is 0.187 e. The highest BCUT2D eigenvalue weighted by atomic mass is 16.7. The van der Waals surface area contributed by atoms with E-state index < -0.39 is 61.4 Å². The molecule has 0 amide bonds. The zero-order valence-corrected chi connectivity index (χ0v) is 20.4. The maximum absolute atomic E-state index is 11.9. The first-order chi connectivity index (χ1) is 16.3. The Hall–Kier alpha value is -1.25. The zero-order valence-electron chi connectivity index (χ0n) is 20.4. The fourth-order valence-corrected chi connectivity index (χ4v) is 4.79. The molecule has 1 aliphatic carbocycles. The lowest BCUT2D eigenvalue weighted by Gasteiger charge is -2.42. The molecular formula is C24H38O11. The molecule has 11 atom stereocenters. The lowest BCUT2D eigenvalue weighted by atomic mass is 9.68. The second-order valence-corrected chi connectivity index (χ2v) is 10.3. The summed E-state index contributed by atoms with van der Waals surface area (Å²) in [6.07, 6.45) is -7.31. The Morgan fingerprint density at radius 3 is 2.37 bits per heavy atom. The summed E-state index contributed by atoms with van der Waals surface area (Å²) >= 11 is 0. The van der Waals surface area contributed by atoms with Gasteiger partial charge in [0.1, 0.15) is 42.7 Å². The molecule has 0 unspecified atom stereocenters. The average molecular weight is 503 g/mol. The second kappa shape index (κ2) is 11.4. The Morgan fingerprint density at radius 1 is 1.06 bits per heavy atom. The summed E-state index contributed by atoms with van der Waals surface area (Å²) in [5.74, 6) is 0.116. The maximum Gasteiger partial charge on any atom is 0.187 e. The van der Waals surface area contributed by atoms with Crippen molar-refractivity contribution >= 4 is 5.78 Å². The van der Waals surface area contributed by atoms with Crippen molar-refractivity contribution in [1.82, 2.24) is 0 Å². The van der Waals surface area contributed by atoms with Crippen LogP contribution >= 0.6 is 0 Å². The Kier molecular flexibility index (Phi) is 9.25. The summed E-state index contributed by atoms with van der Waals surface area (Å²) in [5.41, 5.74) is 0.689. The van der Waals surface area contributed by atoms with Gasteiger partial charge in [-0.3, -0.25) is 4.79 Å². The van der Waals surface area contributed by atoms with E-state index in [0.29, 0.717) is 6.42 Å². The number of aliphatic hydroxyl groups is 6. The van der Waals surface area contributed by atoms with Crippen LogP contribution in [-0.4, -0.2) is 111 Å². The van der Waals surface area contributed by atoms with Crippen molar-refractivity contribution in [2.24, 2.45) is 11.3 Å². The number of carbonyl (C=O) groups excluding carboxylic acids is 1. The molecule has 0 aromatic heterocycles. The van der Waals surface area contributed by atoms with Crippen LogP contribution in [0.4, 0.5) is 0 Å². The number of ether oxygens (including phenoxy) is 4. The van der Waals surface area contributed by atoms with Gasteiger partial charge in [-0.1, -0.05) is 31.6 Å². The predicted molar refractivity (Wildman–Crippen MR) is 121 cm³/mol. The number of aliphatic hydroxyl groups excluding tert-OH is 6. The summed E-state index contributed by atoms with van der Waals surface area (Å²) < 4.78 is 22.0. The molecule has 200 valence electrons. The third-order valence-electron chi connectivity index (χ3n) is 6.82. The van der Waals surface area contributed by atoms with Crippen molar-refractivity contribution in [1.29, 1.82) is 0 Å². The van der Waals surface area contributed by atoms with Crippen molar-refractivity contribution in [2.75, 3.05) is 13.2 Å². The van der Waals surface area contributed by atoms with E-state index in [9.17, 15) is 35.4 Å². The quantitative estimate of drug-likeness (QED) is 0.230. The van der Waals surface area contributed by atoms with E-state index in [2.05, 4.69) is 0 Å². The highest BCUT2D eigenvalue weighted by Gasteiger charge is 2.46. The molecular weight excluding hydrogens is 464 g/mol. The summed E-state index contributed by atoms with van der Waals surface area (Å²) in [5, 5.41) is 60.3. The number of allylic oxidation sites excluding steroid dienone is 3. The second-order valence-electron chi connectivity index (χ2n) is 10.3. The molecule has 0 saturated carbocycles. The van der Waals surface area contributed by atoms with Crippen LogP contribution in [0.3, 0.4) is 0 Å². The Morgan fingerprint density at radius 2 is 1.71 bits per heavy atom. The first kappa shape index (κ1) is 28.3. The van der Waals surface area contributed by atoms with Crippen molar-refractivity contribution in [3.05, 3.63) is 23.8 Å². The van der Waals surface area contributed by atoms with Gasteiger partial charge in [0.25, 0.3) is 0 Å². The van der Waals surface area contributed by atoms with Crippen molar-refractivity contribution in [3.63, 3.8) is 0 Å². The summed E-state index contributed by atoms with van der Waals surface area (Å²) in [7, 11) is 0. The van der Waals surface area contributed by atoms with Crippen LogP contribution in [0, 0.1) is 11.3 Å². The molecule has 0 bridgehead atoms. The van der Waals surface area contributed by atoms with Gasteiger partial charge >= 0.3 is 0 Å². The standard InChI is InChI=1S/C24H38O11/c1-11-7-13(25)8-24(3,4)14(11)6-5-12(2)34-23-21(31)19(29)18(28)16(35-23)10-33-22-20(30)17(27)15(26)9-32-22/h5-7,12,14-23,26-31H,8-10H2,1-4H3/b6-5+/t12-,14-,15+,16-,17+,18+,19+,20+,21+,22+,23-/m0/s1. The van der Waals surface area contributed by atoms with Gasteiger partial charge in [-0.25, -0.2) is 0 Å². The van der Waals surface area contributed by atoms with E-state index in [-0.39, 0.29) is 30.3 Å². The van der Waals surface area contributed by atoms with Crippen LogP contribution in [0.5, 0.6) is 0 Å². The summed E-state index contributed by atoms with van der Waals surface area (Å²) in [6.45, 7) is 7.06. The predicted octanol–water partition coefficient (Wildman–Crippen LogP) is -1.23. The number of ketones is 1. The minimum absolute atomic E-state index is 0.0211. The van der Waals surface area contributed by atoms with E-state index in [0.717, 1.165) is 5.57 Å². The molecule has 0 aromatic rings. The lowest BCUT2D eigenvalue weighted by Crippen LogP contribution is -2.60. The number of carbonyl (C=O) groups is 1. The highest BCUT2D eigenvalue weighted by molar-refractivity contribution is 5.92. The fraction of sp³-hybridized carbons (Fsp3) is 0.792. The Labute approximate surface area is 204 Å². The Bertz CT molecular complexity index is 796. The van der Waals surface area contributed by atoms with Gasteiger partial charge in [0.15, 0.2) is 18.4 Å². The molecule has 0 aromatic carbocycles. The molecule has 35 heavy (non-hydrogen) atoms. The maximum atomic E-state index is 11.9. The van der Waals surface area contributed by atoms with E-state index in [1.165, 1.54) is 0 Å². The van der Waals surface area contributed by atoms with E-state index >= 15 is 0 Å². The monoisotopic (exact) mass is 502 g/mol. The number of rotatable bonds is 7. The normalized spacial score (nSPS) is 43.3. The zero-order chi connectivity index (χ0) is 26.1. The third-order valence-corrected chi connectivity index (χ3v) is 6.82. The molecule has 3 aliphatic rings. The van der Waals surface area contributed by atoms with Gasteiger partial charge in [-0.05, 0) is 25.3 Å². The minimum Gasteiger partial charge on any atom is -0.388 e. The largest absolute Gasteiger partial charge is 0.388 e. The third kappa shape index (κ3) is 6.55. The first-order valence-corrected chi connectivity index (χ1v) is 11.8. The van der Waals surface area contributed by atoms with Crippen LogP contribution in [0.15, 0.2) is 23.8 Å². The molecule has 11 nitrogen and oxygen atoms in total. The molecule has 2 heterocycles. The van der Waals surface area contributed by atoms with E-state index in [4.69, 9.17) is 18.9 Å². The van der Waals surface area contributed by atoms with Gasteiger partial charge in [-0.15, -0.1) is 0 Å². The average Bonchev–Trinajstić information content (AvgIpc) is 2.76. The van der Waals surface area contributed by atoms with Crippen LogP contribution in [0.1, 0.15) is 34.1 Å². The van der Waals surface area contributed by atoms with Crippen LogP contribution in [0.2, 0.25) is 0 Å². The highest BCUT2D eigenvalue weighted by Crippen LogP contribution is 2.40. The van der Waals surface area contributed by atoms with Crippen LogP contribution in [-0.2, 0) is 23.7 Å². The van der Waals surface area contributed by atoms with Crippen LogP contribution in [0.25, 0.3) is 0 Å². The summed E-state index contributed by atoms with van der Waals surface area (Å²) in [4.78, 5) is 11.9. The van der Waals surface area contributed by atoms with E-state index in [1.807, 2.05) is 26.8 Å². The number of hydrogen-bond acceptors (Lipinski definition) is 11. The van der Waals surface area contributed by atoms with Gasteiger partial charge < -0.3 is 49.6 Å². The lowest BCUT2D eigenvalue weighted by molar-refractivity contribution is -0.324. The molecule has 0 radical (unpaired) electrons. The molecule has 6 N–H and O–H groups in total. The SMILES string of the molecule is CC1=CC(=O)CC(C)(C)[C@H]1/C=C/[C@H](C)O[C@H]1O[C@@H](CO[C@H]2OC[C@@H](O)[C@@H](O)[C@H]2O)[C@@H](O)[C@@H](O)[C@H]1O. The van der Waals surface area contributed by atoms with Crippen molar-refractivity contribution in [3.8, 4) is 0 Å².